The van der Waals surface area contributed by atoms with Gasteiger partial charge in [-0.05, 0) is 13.3 Å². The third kappa shape index (κ3) is 8.85. The largest absolute Gasteiger partial charge is 0.481 e. The Balaban J connectivity index is 3.40. The number of carboxylic acid groups (broad SMARTS) is 1. The Hall–Kier alpha value is -0.790. The van der Waals surface area contributed by atoms with Crippen LogP contribution in [0.5, 0.6) is 0 Å². The van der Waals surface area contributed by atoms with Crippen molar-refractivity contribution in [2.75, 3.05) is 0 Å². The van der Waals surface area contributed by atoms with Crippen molar-refractivity contribution in [3.63, 3.8) is 0 Å². The van der Waals surface area contributed by atoms with E-state index < -0.39 is 11.4 Å². The molecule has 19 heavy (non-hydrogen) atoms. The molecule has 2 nitrogen and oxygen atoms in total. The minimum Gasteiger partial charge on any atom is -0.481 e. The van der Waals surface area contributed by atoms with E-state index in [1.165, 1.54) is 51.4 Å². The number of carbonyl (C=O) groups is 1. The van der Waals surface area contributed by atoms with Crippen LogP contribution in [0.15, 0.2) is 12.7 Å². The second-order valence-corrected chi connectivity index (χ2v) is 5.86. The van der Waals surface area contributed by atoms with Gasteiger partial charge in [-0.1, -0.05) is 77.2 Å². The van der Waals surface area contributed by atoms with E-state index in [2.05, 4.69) is 13.5 Å². The third-order valence-electron chi connectivity index (χ3n) is 3.99. The number of unbranched alkanes of at least 4 members (excludes halogenated alkanes) is 9. The standard InChI is InChI=1S/C17H32O2/c1-4-6-7-8-9-10-11-12-13-14-15-17(3,5-2)16(18)19/h5H,2,4,6-15H2,1,3H3,(H,18,19). The molecule has 0 spiro atoms. The first-order chi connectivity index (χ1) is 9.06. The molecule has 2 heteroatoms. The zero-order valence-corrected chi connectivity index (χ0v) is 12.9. The lowest BCUT2D eigenvalue weighted by Crippen LogP contribution is -2.24. The summed E-state index contributed by atoms with van der Waals surface area (Å²) in [6, 6.07) is 0. The van der Waals surface area contributed by atoms with E-state index in [0.717, 1.165) is 12.8 Å². The van der Waals surface area contributed by atoms with Crippen LogP contribution in [-0.4, -0.2) is 11.1 Å². The molecular weight excluding hydrogens is 236 g/mol. The fourth-order valence-electron chi connectivity index (χ4n) is 2.28. The molecule has 0 saturated carbocycles. The van der Waals surface area contributed by atoms with Crippen molar-refractivity contribution in [3.8, 4) is 0 Å². The molecule has 0 fully saturated rings. The van der Waals surface area contributed by atoms with Crippen LogP contribution in [0.25, 0.3) is 0 Å². The molecule has 0 radical (unpaired) electrons. The summed E-state index contributed by atoms with van der Waals surface area (Å²) in [6.45, 7) is 7.64. The average molecular weight is 268 g/mol. The molecule has 0 heterocycles. The maximum atomic E-state index is 11.1. The van der Waals surface area contributed by atoms with E-state index in [0.29, 0.717) is 6.42 Å². The van der Waals surface area contributed by atoms with Gasteiger partial charge in [0.15, 0.2) is 0 Å². The lowest BCUT2D eigenvalue weighted by molar-refractivity contribution is -0.145. The van der Waals surface area contributed by atoms with Gasteiger partial charge in [0.2, 0.25) is 0 Å². The van der Waals surface area contributed by atoms with Crippen LogP contribution in [0.2, 0.25) is 0 Å². The maximum Gasteiger partial charge on any atom is 0.313 e. The zero-order valence-electron chi connectivity index (χ0n) is 12.9. The van der Waals surface area contributed by atoms with Gasteiger partial charge < -0.3 is 5.11 Å². The SMILES string of the molecule is C=CC(C)(CCCCCCCCCCCC)C(=O)O. The number of hydrogen-bond acceptors (Lipinski definition) is 1. The van der Waals surface area contributed by atoms with Crippen LogP contribution in [0.1, 0.15) is 84.5 Å². The molecule has 0 aliphatic rings. The van der Waals surface area contributed by atoms with Crippen molar-refractivity contribution < 1.29 is 9.90 Å². The van der Waals surface area contributed by atoms with Crippen LogP contribution in [-0.2, 0) is 4.79 Å². The van der Waals surface area contributed by atoms with Gasteiger partial charge in [0, 0.05) is 0 Å². The topological polar surface area (TPSA) is 37.3 Å². The molecule has 0 aromatic carbocycles. The van der Waals surface area contributed by atoms with E-state index >= 15 is 0 Å². The summed E-state index contributed by atoms with van der Waals surface area (Å²) in [5, 5.41) is 9.10. The molecule has 0 rings (SSSR count). The van der Waals surface area contributed by atoms with Crippen molar-refractivity contribution in [2.45, 2.75) is 84.5 Å². The van der Waals surface area contributed by atoms with Gasteiger partial charge in [0.05, 0.1) is 5.41 Å². The lowest BCUT2D eigenvalue weighted by Gasteiger charge is -2.19. The molecule has 1 N–H and O–H groups in total. The smallest absolute Gasteiger partial charge is 0.313 e. The average Bonchev–Trinajstić information content (AvgIpc) is 2.40. The number of carboxylic acids is 1. The number of hydrogen-bond donors (Lipinski definition) is 1. The van der Waals surface area contributed by atoms with Crippen LogP contribution in [0.4, 0.5) is 0 Å². The first-order valence-electron chi connectivity index (χ1n) is 7.94. The Kier molecular flexibility index (Phi) is 10.6. The molecule has 1 atom stereocenters. The highest BCUT2D eigenvalue weighted by molar-refractivity contribution is 5.76. The third-order valence-corrected chi connectivity index (χ3v) is 3.99. The number of rotatable bonds is 13. The van der Waals surface area contributed by atoms with E-state index in [1.54, 1.807) is 13.0 Å². The second-order valence-electron chi connectivity index (χ2n) is 5.86. The van der Waals surface area contributed by atoms with Crippen molar-refractivity contribution in [3.05, 3.63) is 12.7 Å². The normalized spacial score (nSPS) is 14.0. The first-order valence-corrected chi connectivity index (χ1v) is 7.94. The Labute approximate surface area is 119 Å². The molecule has 1 unspecified atom stereocenters. The Bertz CT molecular complexity index is 248. The maximum absolute atomic E-state index is 11.1. The highest BCUT2D eigenvalue weighted by Crippen LogP contribution is 2.26. The van der Waals surface area contributed by atoms with Crippen molar-refractivity contribution in [2.24, 2.45) is 5.41 Å². The molecule has 0 aromatic heterocycles. The Morgan fingerprint density at radius 3 is 1.79 bits per heavy atom. The van der Waals surface area contributed by atoms with E-state index in [-0.39, 0.29) is 0 Å². The van der Waals surface area contributed by atoms with Gasteiger partial charge >= 0.3 is 5.97 Å². The molecule has 0 aliphatic carbocycles. The van der Waals surface area contributed by atoms with Crippen LogP contribution < -0.4 is 0 Å². The highest BCUT2D eigenvalue weighted by atomic mass is 16.4. The van der Waals surface area contributed by atoms with Gasteiger partial charge in [-0.3, -0.25) is 4.79 Å². The van der Waals surface area contributed by atoms with Gasteiger partial charge in [-0.15, -0.1) is 6.58 Å². The van der Waals surface area contributed by atoms with Crippen molar-refractivity contribution in [1.29, 1.82) is 0 Å². The van der Waals surface area contributed by atoms with E-state index in [4.69, 9.17) is 5.11 Å². The second kappa shape index (κ2) is 11.1. The van der Waals surface area contributed by atoms with Gasteiger partial charge in [-0.25, -0.2) is 0 Å². The van der Waals surface area contributed by atoms with Crippen molar-refractivity contribution in [1.82, 2.24) is 0 Å². The monoisotopic (exact) mass is 268 g/mol. The van der Waals surface area contributed by atoms with E-state index in [1.807, 2.05) is 0 Å². The highest BCUT2D eigenvalue weighted by Gasteiger charge is 2.28. The van der Waals surface area contributed by atoms with Gasteiger partial charge in [-0.2, -0.15) is 0 Å². The number of aliphatic carboxylic acids is 1. The molecule has 0 aromatic rings. The fourth-order valence-corrected chi connectivity index (χ4v) is 2.28. The summed E-state index contributed by atoms with van der Waals surface area (Å²) in [5.74, 6) is -0.751. The van der Waals surface area contributed by atoms with E-state index in [9.17, 15) is 4.79 Å². The summed E-state index contributed by atoms with van der Waals surface area (Å²) in [6.07, 6.45) is 15.1. The predicted octanol–water partition coefficient (Wildman–Crippen LogP) is 5.57. The Morgan fingerprint density at radius 2 is 1.42 bits per heavy atom. The first kappa shape index (κ1) is 18.2. The predicted molar refractivity (Wildman–Crippen MR) is 82.4 cm³/mol. The molecule has 0 amide bonds. The fraction of sp³-hybridized carbons (Fsp3) is 0.824. The summed E-state index contributed by atoms with van der Waals surface area (Å²) < 4.78 is 0. The Morgan fingerprint density at radius 1 is 1.00 bits per heavy atom. The molecular formula is C17H32O2. The minimum absolute atomic E-state index is 0.711. The summed E-state index contributed by atoms with van der Waals surface area (Å²) >= 11 is 0. The molecule has 0 aliphatic heterocycles. The van der Waals surface area contributed by atoms with Gasteiger partial charge in [0.25, 0.3) is 0 Å². The van der Waals surface area contributed by atoms with Crippen LogP contribution in [0, 0.1) is 5.41 Å². The van der Waals surface area contributed by atoms with Gasteiger partial charge in [0.1, 0.15) is 0 Å². The zero-order chi connectivity index (χ0) is 14.6. The lowest BCUT2D eigenvalue weighted by atomic mass is 9.85. The summed E-state index contributed by atoms with van der Waals surface area (Å²) in [4.78, 5) is 11.1. The minimum atomic E-state index is -0.751. The van der Waals surface area contributed by atoms with Crippen LogP contribution >= 0.6 is 0 Å². The molecule has 0 saturated heterocycles. The molecule has 0 bridgehead atoms. The quantitative estimate of drug-likeness (QED) is 0.350. The van der Waals surface area contributed by atoms with Crippen LogP contribution in [0.3, 0.4) is 0 Å². The summed E-state index contributed by atoms with van der Waals surface area (Å²) in [5.41, 5.74) is -0.736. The van der Waals surface area contributed by atoms with Crippen molar-refractivity contribution >= 4 is 5.97 Å². The summed E-state index contributed by atoms with van der Waals surface area (Å²) in [7, 11) is 0. The molecule has 112 valence electrons.